The van der Waals surface area contributed by atoms with Gasteiger partial charge in [0.15, 0.2) is 0 Å². The number of aryl methyl sites for hydroxylation is 1. The number of hydrogen-bond acceptors (Lipinski definition) is 3. The van der Waals surface area contributed by atoms with E-state index in [1.807, 2.05) is 32.4 Å². The molecule has 1 unspecified atom stereocenters. The first-order valence-corrected chi connectivity index (χ1v) is 5.35. The molecule has 2 heterocycles. The molecular weight excluding hydrogens is 190 g/mol. The summed E-state index contributed by atoms with van der Waals surface area (Å²) in [5.74, 6) is 1.91. The standard InChI is InChI=1S/C12H17NO2/c1-9-5-6-11(15-9)12(13-2)10-4-3-7-14-8-10/h5-6,8,12-13H,3-4,7H2,1-2H3. The summed E-state index contributed by atoms with van der Waals surface area (Å²) in [5, 5.41) is 3.26. The van der Waals surface area contributed by atoms with Gasteiger partial charge < -0.3 is 14.5 Å². The lowest BCUT2D eigenvalue weighted by Gasteiger charge is -2.21. The molecule has 3 heteroatoms. The molecule has 0 amide bonds. The Hall–Kier alpha value is -1.22. The van der Waals surface area contributed by atoms with Crippen LogP contribution in [0.5, 0.6) is 0 Å². The Morgan fingerprint density at radius 3 is 2.80 bits per heavy atom. The van der Waals surface area contributed by atoms with Crippen molar-refractivity contribution >= 4 is 0 Å². The van der Waals surface area contributed by atoms with E-state index in [1.165, 1.54) is 5.57 Å². The van der Waals surface area contributed by atoms with E-state index in [0.29, 0.717) is 0 Å². The van der Waals surface area contributed by atoms with Gasteiger partial charge in [0.05, 0.1) is 18.9 Å². The van der Waals surface area contributed by atoms with Gasteiger partial charge in [-0.05, 0) is 44.5 Å². The minimum absolute atomic E-state index is 0.152. The second-order valence-electron chi connectivity index (χ2n) is 3.84. The minimum atomic E-state index is 0.152. The first kappa shape index (κ1) is 10.3. The number of likely N-dealkylation sites (N-methyl/N-ethyl adjacent to an activating group) is 1. The molecule has 82 valence electrons. The average molecular weight is 207 g/mol. The predicted molar refractivity (Wildman–Crippen MR) is 58.5 cm³/mol. The Morgan fingerprint density at radius 2 is 2.27 bits per heavy atom. The monoisotopic (exact) mass is 207 g/mol. The molecular formula is C12H17NO2. The van der Waals surface area contributed by atoms with Gasteiger partial charge in [0.2, 0.25) is 0 Å². The van der Waals surface area contributed by atoms with Gasteiger partial charge in [0.1, 0.15) is 11.5 Å². The average Bonchev–Trinajstić information content (AvgIpc) is 2.68. The Morgan fingerprint density at radius 1 is 1.40 bits per heavy atom. The third kappa shape index (κ3) is 2.23. The molecule has 15 heavy (non-hydrogen) atoms. The molecule has 0 spiro atoms. The van der Waals surface area contributed by atoms with Crippen LogP contribution in [0.25, 0.3) is 0 Å². The molecule has 0 radical (unpaired) electrons. The maximum atomic E-state index is 5.63. The van der Waals surface area contributed by atoms with Gasteiger partial charge in [0.25, 0.3) is 0 Å². The molecule has 2 rings (SSSR count). The van der Waals surface area contributed by atoms with E-state index >= 15 is 0 Å². The second-order valence-corrected chi connectivity index (χ2v) is 3.84. The molecule has 0 saturated heterocycles. The largest absolute Gasteiger partial charge is 0.501 e. The van der Waals surface area contributed by atoms with E-state index in [2.05, 4.69) is 5.32 Å². The minimum Gasteiger partial charge on any atom is -0.501 e. The van der Waals surface area contributed by atoms with Crippen molar-refractivity contribution in [1.29, 1.82) is 0 Å². The lowest BCUT2D eigenvalue weighted by Crippen LogP contribution is -2.20. The quantitative estimate of drug-likeness (QED) is 0.827. The second kappa shape index (κ2) is 4.53. The van der Waals surface area contributed by atoms with Crippen molar-refractivity contribution in [2.45, 2.75) is 25.8 Å². The fraction of sp³-hybridized carbons (Fsp3) is 0.500. The van der Waals surface area contributed by atoms with Gasteiger partial charge in [-0.15, -0.1) is 0 Å². The van der Waals surface area contributed by atoms with Gasteiger partial charge in [-0.1, -0.05) is 0 Å². The summed E-state index contributed by atoms with van der Waals surface area (Å²) in [6.45, 7) is 2.79. The maximum Gasteiger partial charge on any atom is 0.125 e. The van der Waals surface area contributed by atoms with Crippen LogP contribution in [0.4, 0.5) is 0 Å². The van der Waals surface area contributed by atoms with E-state index in [1.54, 1.807) is 0 Å². The van der Waals surface area contributed by atoms with E-state index in [0.717, 1.165) is 31.0 Å². The number of rotatable bonds is 3. The number of hydrogen-bond donors (Lipinski definition) is 1. The van der Waals surface area contributed by atoms with Crippen molar-refractivity contribution in [3.63, 3.8) is 0 Å². The topological polar surface area (TPSA) is 34.4 Å². The summed E-state index contributed by atoms with van der Waals surface area (Å²) in [6.07, 6.45) is 4.03. The van der Waals surface area contributed by atoms with E-state index in [-0.39, 0.29) is 6.04 Å². The zero-order valence-electron chi connectivity index (χ0n) is 9.25. The fourth-order valence-electron chi connectivity index (χ4n) is 1.92. The predicted octanol–water partition coefficient (Wildman–Crippen LogP) is 2.54. The third-order valence-corrected chi connectivity index (χ3v) is 2.67. The Kier molecular flexibility index (Phi) is 3.11. The molecule has 1 atom stereocenters. The SMILES string of the molecule is CNC(C1=COCCC1)c1ccc(C)o1. The highest BCUT2D eigenvalue weighted by atomic mass is 16.5. The molecule has 0 saturated carbocycles. The smallest absolute Gasteiger partial charge is 0.125 e. The lowest BCUT2D eigenvalue weighted by atomic mass is 10.0. The molecule has 1 N–H and O–H groups in total. The van der Waals surface area contributed by atoms with Gasteiger partial charge in [-0.3, -0.25) is 0 Å². The van der Waals surface area contributed by atoms with Crippen LogP contribution in [0, 0.1) is 6.92 Å². The van der Waals surface area contributed by atoms with Crippen LogP contribution < -0.4 is 5.32 Å². The van der Waals surface area contributed by atoms with Crippen molar-refractivity contribution in [3.8, 4) is 0 Å². The molecule has 3 nitrogen and oxygen atoms in total. The summed E-state index contributed by atoms with van der Waals surface area (Å²) in [7, 11) is 1.94. The zero-order chi connectivity index (χ0) is 10.7. The number of furan rings is 1. The zero-order valence-corrected chi connectivity index (χ0v) is 9.25. The summed E-state index contributed by atoms with van der Waals surface area (Å²) in [5.41, 5.74) is 1.26. The molecule has 0 fully saturated rings. The molecule has 0 bridgehead atoms. The lowest BCUT2D eigenvalue weighted by molar-refractivity contribution is 0.218. The highest BCUT2D eigenvalue weighted by Crippen LogP contribution is 2.28. The van der Waals surface area contributed by atoms with Gasteiger partial charge in [-0.25, -0.2) is 0 Å². The number of nitrogens with one attached hydrogen (secondary N) is 1. The maximum absolute atomic E-state index is 5.63. The third-order valence-electron chi connectivity index (χ3n) is 2.67. The van der Waals surface area contributed by atoms with Crippen LogP contribution in [0.15, 0.2) is 28.4 Å². The normalized spacial score (nSPS) is 18.1. The molecule has 0 aliphatic carbocycles. The van der Waals surface area contributed by atoms with E-state index in [4.69, 9.17) is 9.15 Å². The highest BCUT2D eigenvalue weighted by Gasteiger charge is 2.19. The van der Waals surface area contributed by atoms with Crippen molar-refractivity contribution in [2.75, 3.05) is 13.7 Å². The van der Waals surface area contributed by atoms with Crippen molar-refractivity contribution in [2.24, 2.45) is 0 Å². The Balaban J connectivity index is 2.19. The number of ether oxygens (including phenoxy) is 1. The highest BCUT2D eigenvalue weighted by molar-refractivity contribution is 5.21. The summed E-state index contributed by atoms with van der Waals surface area (Å²) in [6, 6.07) is 4.16. The van der Waals surface area contributed by atoms with Gasteiger partial charge in [0, 0.05) is 0 Å². The van der Waals surface area contributed by atoms with Crippen LogP contribution in [-0.4, -0.2) is 13.7 Å². The summed E-state index contributed by atoms with van der Waals surface area (Å²) >= 11 is 0. The van der Waals surface area contributed by atoms with Crippen LogP contribution in [0.3, 0.4) is 0 Å². The molecule has 1 aliphatic rings. The summed E-state index contributed by atoms with van der Waals surface area (Å²) in [4.78, 5) is 0. The first-order valence-electron chi connectivity index (χ1n) is 5.35. The van der Waals surface area contributed by atoms with Gasteiger partial charge >= 0.3 is 0 Å². The van der Waals surface area contributed by atoms with Crippen LogP contribution in [0.2, 0.25) is 0 Å². The van der Waals surface area contributed by atoms with Crippen LogP contribution in [-0.2, 0) is 4.74 Å². The van der Waals surface area contributed by atoms with Crippen molar-refractivity contribution in [3.05, 3.63) is 35.5 Å². The van der Waals surface area contributed by atoms with E-state index in [9.17, 15) is 0 Å². The van der Waals surface area contributed by atoms with Crippen LogP contribution in [0.1, 0.15) is 30.4 Å². The van der Waals surface area contributed by atoms with Gasteiger partial charge in [-0.2, -0.15) is 0 Å². The van der Waals surface area contributed by atoms with E-state index < -0.39 is 0 Å². The summed E-state index contributed by atoms with van der Waals surface area (Å²) < 4.78 is 11.0. The van der Waals surface area contributed by atoms with Crippen LogP contribution >= 0.6 is 0 Å². The Bertz CT molecular complexity index is 354. The van der Waals surface area contributed by atoms with Crippen molar-refractivity contribution in [1.82, 2.24) is 5.32 Å². The fourth-order valence-corrected chi connectivity index (χ4v) is 1.92. The Labute approximate surface area is 90.1 Å². The molecule has 1 aromatic heterocycles. The molecule has 0 aromatic carbocycles. The van der Waals surface area contributed by atoms with Crippen molar-refractivity contribution < 1.29 is 9.15 Å². The molecule has 1 aromatic rings. The molecule has 1 aliphatic heterocycles. The first-order chi connectivity index (χ1) is 7.31.